The first-order chi connectivity index (χ1) is 7.84. The Morgan fingerprint density at radius 2 is 1.62 bits per heavy atom. The summed E-state index contributed by atoms with van der Waals surface area (Å²) in [7, 11) is 0. The fraction of sp³-hybridized carbons (Fsp3) is 0.909. The lowest BCUT2D eigenvalue weighted by molar-refractivity contribution is 0.233. The summed E-state index contributed by atoms with van der Waals surface area (Å²) in [5.41, 5.74) is 0. The Bertz CT molecular complexity index is 220. The average Bonchev–Trinajstić information content (AvgIpc) is 2.62. The van der Waals surface area contributed by atoms with Crippen LogP contribution in [0.5, 0.6) is 0 Å². The second-order valence-corrected chi connectivity index (χ2v) is 4.70. The first-order valence-electron chi connectivity index (χ1n) is 6.33. The molecular formula is C11H22N4O. The standard InChI is InChI=1S/C11H22N4O/c16-11(15-10-4-6-13-8-10)14-9-3-1-2-5-12-7-9/h9-10,12-13H,1-8H2,(H2,14,15,16). The van der Waals surface area contributed by atoms with Crippen LogP contribution in [-0.4, -0.2) is 44.3 Å². The largest absolute Gasteiger partial charge is 0.334 e. The molecule has 0 aliphatic carbocycles. The quantitative estimate of drug-likeness (QED) is 0.527. The summed E-state index contributed by atoms with van der Waals surface area (Å²) in [4.78, 5) is 11.7. The smallest absolute Gasteiger partial charge is 0.315 e. The van der Waals surface area contributed by atoms with Crippen LogP contribution in [0.1, 0.15) is 25.7 Å². The van der Waals surface area contributed by atoms with E-state index in [9.17, 15) is 4.79 Å². The van der Waals surface area contributed by atoms with Crippen molar-refractivity contribution in [2.75, 3.05) is 26.2 Å². The number of rotatable bonds is 2. The van der Waals surface area contributed by atoms with E-state index in [1.54, 1.807) is 0 Å². The zero-order valence-electron chi connectivity index (χ0n) is 9.72. The molecule has 92 valence electrons. The van der Waals surface area contributed by atoms with Gasteiger partial charge in [0.15, 0.2) is 0 Å². The summed E-state index contributed by atoms with van der Waals surface area (Å²) < 4.78 is 0. The molecule has 0 aromatic rings. The zero-order chi connectivity index (χ0) is 11.2. The summed E-state index contributed by atoms with van der Waals surface area (Å²) >= 11 is 0. The molecule has 0 saturated carbocycles. The molecule has 0 radical (unpaired) electrons. The Kier molecular flexibility index (Phi) is 4.42. The highest BCUT2D eigenvalue weighted by atomic mass is 16.2. The number of amides is 2. The fourth-order valence-corrected chi connectivity index (χ4v) is 2.33. The second kappa shape index (κ2) is 6.06. The number of nitrogens with one attached hydrogen (secondary N) is 4. The van der Waals surface area contributed by atoms with E-state index in [4.69, 9.17) is 0 Å². The lowest BCUT2D eigenvalue weighted by Gasteiger charge is -2.19. The van der Waals surface area contributed by atoms with Crippen molar-refractivity contribution in [1.82, 2.24) is 21.3 Å². The van der Waals surface area contributed by atoms with Crippen LogP contribution in [0.15, 0.2) is 0 Å². The third-order valence-electron chi connectivity index (χ3n) is 3.28. The maximum absolute atomic E-state index is 11.7. The fourth-order valence-electron chi connectivity index (χ4n) is 2.33. The minimum Gasteiger partial charge on any atom is -0.334 e. The molecule has 5 nitrogen and oxygen atoms in total. The topological polar surface area (TPSA) is 65.2 Å². The van der Waals surface area contributed by atoms with Crippen LogP contribution in [0.2, 0.25) is 0 Å². The summed E-state index contributed by atoms with van der Waals surface area (Å²) in [5, 5.41) is 12.6. The van der Waals surface area contributed by atoms with Gasteiger partial charge in [-0.25, -0.2) is 4.79 Å². The Morgan fingerprint density at radius 1 is 0.938 bits per heavy atom. The molecule has 5 heteroatoms. The molecule has 2 saturated heterocycles. The van der Waals surface area contributed by atoms with Gasteiger partial charge in [-0.05, 0) is 32.4 Å². The number of hydrogen-bond acceptors (Lipinski definition) is 3. The molecule has 2 atom stereocenters. The van der Waals surface area contributed by atoms with E-state index < -0.39 is 0 Å². The third kappa shape index (κ3) is 3.64. The predicted octanol–water partition coefficient (Wildman–Crippen LogP) is -0.210. The Hall–Kier alpha value is -0.810. The van der Waals surface area contributed by atoms with Gasteiger partial charge in [0.1, 0.15) is 0 Å². The van der Waals surface area contributed by atoms with Gasteiger partial charge in [0.25, 0.3) is 0 Å². The van der Waals surface area contributed by atoms with Gasteiger partial charge in [-0.2, -0.15) is 0 Å². The maximum atomic E-state index is 11.7. The van der Waals surface area contributed by atoms with Crippen molar-refractivity contribution in [1.29, 1.82) is 0 Å². The number of carbonyl (C=O) groups excluding carboxylic acids is 1. The predicted molar refractivity (Wildman–Crippen MR) is 63.5 cm³/mol. The average molecular weight is 226 g/mol. The van der Waals surface area contributed by atoms with Gasteiger partial charge in [0.2, 0.25) is 0 Å². The maximum Gasteiger partial charge on any atom is 0.315 e. The Morgan fingerprint density at radius 3 is 2.38 bits per heavy atom. The minimum absolute atomic E-state index is 0.0117. The number of urea groups is 1. The summed E-state index contributed by atoms with van der Waals surface area (Å²) in [6, 6.07) is 0.581. The molecule has 16 heavy (non-hydrogen) atoms. The molecule has 0 spiro atoms. The summed E-state index contributed by atoms with van der Waals surface area (Å²) in [5.74, 6) is 0. The van der Waals surface area contributed by atoms with Crippen molar-refractivity contribution >= 4 is 6.03 Å². The molecule has 2 unspecified atom stereocenters. The Labute approximate surface area is 96.7 Å². The van der Waals surface area contributed by atoms with Crippen molar-refractivity contribution < 1.29 is 4.79 Å². The van der Waals surface area contributed by atoms with Crippen molar-refractivity contribution in [3.63, 3.8) is 0 Å². The van der Waals surface area contributed by atoms with E-state index in [1.807, 2.05) is 0 Å². The normalized spacial score (nSPS) is 30.8. The number of hydrogen-bond donors (Lipinski definition) is 4. The van der Waals surface area contributed by atoms with E-state index in [1.165, 1.54) is 12.8 Å². The molecule has 2 amide bonds. The van der Waals surface area contributed by atoms with Crippen LogP contribution >= 0.6 is 0 Å². The van der Waals surface area contributed by atoms with Gasteiger partial charge in [0.05, 0.1) is 0 Å². The van der Waals surface area contributed by atoms with E-state index >= 15 is 0 Å². The second-order valence-electron chi connectivity index (χ2n) is 4.70. The van der Waals surface area contributed by atoms with E-state index in [-0.39, 0.29) is 12.1 Å². The van der Waals surface area contributed by atoms with Crippen molar-refractivity contribution in [3.8, 4) is 0 Å². The van der Waals surface area contributed by atoms with Crippen LogP contribution < -0.4 is 21.3 Å². The van der Waals surface area contributed by atoms with Gasteiger partial charge >= 0.3 is 6.03 Å². The third-order valence-corrected chi connectivity index (χ3v) is 3.28. The van der Waals surface area contributed by atoms with Crippen LogP contribution in [0.25, 0.3) is 0 Å². The van der Waals surface area contributed by atoms with Crippen LogP contribution in [-0.2, 0) is 0 Å². The van der Waals surface area contributed by atoms with Crippen LogP contribution in [0, 0.1) is 0 Å². The highest BCUT2D eigenvalue weighted by molar-refractivity contribution is 5.74. The molecular weight excluding hydrogens is 204 g/mol. The molecule has 0 bridgehead atoms. The SMILES string of the molecule is O=C(NC1CCCCNC1)NC1CCNC1. The Balaban J connectivity index is 1.68. The molecule has 2 rings (SSSR count). The summed E-state index contributed by atoms with van der Waals surface area (Å²) in [6.45, 7) is 3.88. The molecule has 2 heterocycles. The molecule has 0 aromatic heterocycles. The van der Waals surface area contributed by atoms with Gasteiger partial charge in [0, 0.05) is 25.2 Å². The van der Waals surface area contributed by atoms with E-state index in [0.29, 0.717) is 6.04 Å². The monoisotopic (exact) mass is 226 g/mol. The zero-order valence-corrected chi connectivity index (χ0v) is 9.72. The number of carbonyl (C=O) groups is 1. The van der Waals surface area contributed by atoms with Crippen molar-refractivity contribution in [2.45, 2.75) is 37.8 Å². The van der Waals surface area contributed by atoms with Gasteiger partial charge in [-0.1, -0.05) is 6.42 Å². The van der Waals surface area contributed by atoms with Gasteiger partial charge < -0.3 is 21.3 Å². The lowest BCUT2D eigenvalue weighted by Crippen LogP contribution is -2.49. The lowest BCUT2D eigenvalue weighted by atomic mass is 10.1. The first kappa shape index (κ1) is 11.7. The summed E-state index contributed by atoms with van der Waals surface area (Å²) in [6.07, 6.45) is 4.54. The highest BCUT2D eigenvalue weighted by Crippen LogP contribution is 2.04. The molecule has 2 fully saturated rings. The van der Waals surface area contributed by atoms with E-state index in [0.717, 1.165) is 39.0 Å². The molecule has 2 aliphatic heterocycles. The van der Waals surface area contributed by atoms with Gasteiger partial charge in [-0.15, -0.1) is 0 Å². The molecule has 4 N–H and O–H groups in total. The van der Waals surface area contributed by atoms with Crippen molar-refractivity contribution in [3.05, 3.63) is 0 Å². The first-order valence-corrected chi connectivity index (χ1v) is 6.33. The van der Waals surface area contributed by atoms with Crippen LogP contribution in [0.3, 0.4) is 0 Å². The van der Waals surface area contributed by atoms with Crippen molar-refractivity contribution in [2.24, 2.45) is 0 Å². The highest BCUT2D eigenvalue weighted by Gasteiger charge is 2.19. The molecule has 2 aliphatic rings. The van der Waals surface area contributed by atoms with Crippen LogP contribution in [0.4, 0.5) is 4.79 Å². The van der Waals surface area contributed by atoms with Gasteiger partial charge in [-0.3, -0.25) is 0 Å². The molecule has 0 aromatic carbocycles. The van der Waals surface area contributed by atoms with E-state index in [2.05, 4.69) is 21.3 Å². The minimum atomic E-state index is -0.0117.